The minimum Gasteiger partial charge on any atom is -0.308 e. The topological polar surface area (TPSA) is 76.9 Å². The molecule has 2 aromatic carbocycles. The van der Waals surface area contributed by atoms with Crippen LogP contribution in [-0.4, -0.2) is 29.0 Å². The van der Waals surface area contributed by atoms with Crippen LogP contribution in [0.2, 0.25) is 0 Å². The van der Waals surface area contributed by atoms with Crippen LogP contribution >= 0.6 is 11.3 Å². The first-order valence-electron chi connectivity index (χ1n) is 13.5. The third-order valence-electron chi connectivity index (χ3n) is 6.85. The molecule has 0 fully saturated rings. The van der Waals surface area contributed by atoms with Crippen LogP contribution in [0.5, 0.6) is 0 Å². The lowest BCUT2D eigenvalue weighted by Gasteiger charge is -2.11. The summed E-state index contributed by atoms with van der Waals surface area (Å²) in [6, 6.07) is 15.8. The van der Waals surface area contributed by atoms with Crippen molar-refractivity contribution < 1.29 is 21.6 Å². The molecule has 0 saturated heterocycles. The van der Waals surface area contributed by atoms with Gasteiger partial charge in [-0.3, -0.25) is 0 Å². The first-order valence-corrected chi connectivity index (χ1v) is 15.8. The van der Waals surface area contributed by atoms with Gasteiger partial charge in [0, 0.05) is 34.2 Å². The summed E-state index contributed by atoms with van der Waals surface area (Å²) in [4.78, 5) is 9.75. The van der Waals surface area contributed by atoms with E-state index in [1.807, 2.05) is 39.0 Å². The van der Waals surface area contributed by atoms with E-state index < -0.39 is 27.8 Å². The number of rotatable bonds is 8. The van der Waals surface area contributed by atoms with E-state index in [0.717, 1.165) is 57.6 Å². The first kappa shape index (κ1) is 29.9. The Labute approximate surface area is 247 Å². The Kier molecular flexibility index (Phi) is 8.04. The number of benzene rings is 2. The lowest BCUT2D eigenvalue weighted by molar-refractivity contribution is -0.137. The van der Waals surface area contributed by atoms with Gasteiger partial charge in [0.25, 0.3) is 10.0 Å². The van der Waals surface area contributed by atoms with Gasteiger partial charge in [-0.15, -0.1) is 11.3 Å². The van der Waals surface area contributed by atoms with Crippen LogP contribution in [0.4, 0.5) is 13.2 Å². The third-order valence-corrected chi connectivity index (χ3v) is 10.2. The van der Waals surface area contributed by atoms with E-state index in [1.165, 1.54) is 24.3 Å². The van der Waals surface area contributed by atoms with Gasteiger partial charge in [-0.05, 0) is 62.6 Å². The summed E-state index contributed by atoms with van der Waals surface area (Å²) in [7, 11) is -4.00. The number of hydrogen-bond donors (Lipinski definition) is 1. The quantitative estimate of drug-likeness (QED) is 0.194. The average Bonchev–Trinajstić information content (AvgIpc) is 3.51. The molecule has 5 rings (SSSR count). The van der Waals surface area contributed by atoms with Crippen molar-refractivity contribution in [3.05, 3.63) is 88.9 Å². The predicted molar refractivity (Wildman–Crippen MR) is 161 cm³/mol. The fourth-order valence-corrected chi connectivity index (χ4v) is 8.07. The number of nitrogens with zero attached hydrogens (tertiary/aromatic N) is 3. The van der Waals surface area contributed by atoms with E-state index in [-0.39, 0.29) is 14.6 Å². The molecule has 3 heterocycles. The number of aryl methyl sites for hydroxylation is 3. The van der Waals surface area contributed by atoms with Gasteiger partial charge in [0.1, 0.15) is 15.6 Å². The minimum absolute atomic E-state index is 0.0278. The number of alkyl halides is 3. The molecular weight excluding hydrogens is 581 g/mol. The highest BCUT2D eigenvalue weighted by atomic mass is 32.2. The van der Waals surface area contributed by atoms with Gasteiger partial charge in [0.15, 0.2) is 5.65 Å². The second-order valence-electron chi connectivity index (χ2n) is 10.5. The zero-order chi connectivity index (χ0) is 30.4. The van der Waals surface area contributed by atoms with Crippen LogP contribution in [0.3, 0.4) is 0 Å². The molecule has 1 N–H and O–H groups in total. The van der Waals surface area contributed by atoms with Gasteiger partial charge in [0.05, 0.1) is 12.1 Å². The van der Waals surface area contributed by atoms with E-state index in [2.05, 4.69) is 9.29 Å². The van der Waals surface area contributed by atoms with Crippen molar-refractivity contribution in [1.82, 2.24) is 19.3 Å². The van der Waals surface area contributed by atoms with Crippen molar-refractivity contribution in [2.24, 2.45) is 0 Å². The molecule has 0 amide bonds. The summed E-state index contributed by atoms with van der Waals surface area (Å²) < 4.78 is 72.8. The number of sulfonamides is 1. The van der Waals surface area contributed by atoms with Crippen molar-refractivity contribution in [2.45, 2.75) is 64.0 Å². The number of thiophene rings is 1. The Balaban J connectivity index is 1.58. The molecule has 0 saturated carbocycles. The van der Waals surface area contributed by atoms with Crippen LogP contribution < -0.4 is 4.72 Å². The van der Waals surface area contributed by atoms with Crippen LogP contribution in [0.1, 0.15) is 49.0 Å². The Morgan fingerprint density at radius 1 is 0.976 bits per heavy atom. The molecule has 0 aliphatic carbocycles. The molecular formula is C31H31F3N4O2S2. The normalized spacial score (nSPS) is 12.5. The van der Waals surface area contributed by atoms with Gasteiger partial charge in [-0.2, -0.15) is 13.2 Å². The maximum absolute atomic E-state index is 13.8. The van der Waals surface area contributed by atoms with E-state index in [0.29, 0.717) is 17.7 Å². The molecule has 6 nitrogen and oxygen atoms in total. The lowest BCUT2D eigenvalue weighted by Crippen LogP contribution is -2.29. The smallest absolute Gasteiger partial charge is 0.308 e. The van der Waals surface area contributed by atoms with Crippen molar-refractivity contribution >= 4 is 32.5 Å². The Morgan fingerprint density at radius 3 is 2.31 bits per heavy atom. The summed E-state index contributed by atoms with van der Waals surface area (Å²) in [6.45, 7) is 9.92. The van der Waals surface area contributed by atoms with Crippen LogP contribution in [0.25, 0.3) is 32.7 Å². The third kappa shape index (κ3) is 5.86. The molecule has 11 heteroatoms. The minimum atomic E-state index is -4.58. The summed E-state index contributed by atoms with van der Waals surface area (Å²) in [5.74, 6) is 0.911. The summed E-state index contributed by atoms with van der Waals surface area (Å²) in [5, 5.41) is 0. The van der Waals surface area contributed by atoms with Crippen LogP contribution in [-0.2, 0) is 29.2 Å². The van der Waals surface area contributed by atoms with Gasteiger partial charge < -0.3 is 4.57 Å². The summed E-state index contributed by atoms with van der Waals surface area (Å²) in [6.07, 6.45) is -3.85. The molecule has 3 aromatic heterocycles. The second-order valence-corrected chi connectivity index (χ2v) is 13.5. The molecule has 0 unspecified atom stereocenters. The van der Waals surface area contributed by atoms with Gasteiger partial charge in [-0.25, -0.2) is 23.1 Å². The van der Waals surface area contributed by atoms with Crippen molar-refractivity contribution in [3.63, 3.8) is 0 Å². The molecule has 0 spiro atoms. The standard InChI is InChI=1S/C31H31F3N4O2S2/c1-6-27-36-28-19(4)15-20(5)35-29(28)38(27)17-21-11-13-22(14-12-21)24-16-26(41-30(24)42(39,40)37-18(2)3)23-9-7-8-10-25(23)31(32,33)34/h7-16,18,37H,6,17H2,1-5H3. The molecule has 0 aliphatic heterocycles. The summed E-state index contributed by atoms with van der Waals surface area (Å²) >= 11 is 0.833. The number of hydrogen-bond acceptors (Lipinski definition) is 5. The fraction of sp³-hybridized carbons (Fsp3) is 0.290. The van der Waals surface area contributed by atoms with E-state index in [9.17, 15) is 21.6 Å². The fourth-order valence-electron chi connectivity index (χ4n) is 5.07. The van der Waals surface area contributed by atoms with Gasteiger partial charge in [0.2, 0.25) is 0 Å². The average molecular weight is 613 g/mol. The first-order chi connectivity index (χ1) is 19.8. The monoisotopic (exact) mass is 612 g/mol. The number of halogens is 3. The van der Waals surface area contributed by atoms with E-state index in [1.54, 1.807) is 26.0 Å². The van der Waals surface area contributed by atoms with E-state index >= 15 is 0 Å². The Bertz CT molecular complexity index is 1870. The van der Waals surface area contributed by atoms with Crippen molar-refractivity contribution in [2.75, 3.05) is 0 Å². The van der Waals surface area contributed by atoms with Gasteiger partial charge >= 0.3 is 6.18 Å². The second kappa shape index (κ2) is 11.3. The molecule has 0 radical (unpaired) electrons. The molecule has 220 valence electrons. The number of nitrogens with one attached hydrogen (secondary N) is 1. The van der Waals surface area contributed by atoms with Gasteiger partial charge in [-0.1, -0.05) is 49.4 Å². The highest BCUT2D eigenvalue weighted by molar-refractivity contribution is 7.91. The van der Waals surface area contributed by atoms with E-state index in [4.69, 9.17) is 9.97 Å². The molecule has 0 bridgehead atoms. The summed E-state index contributed by atoms with van der Waals surface area (Å²) in [5.41, 5.74) is 4.67. The number of fused-ring (bicyclic) bond motifs is 1. The Hall–Kier alpha value is -3.54. The van der Waals surface area contributed by atoms with Crippen molar-refractivity contribution in [3.8, 4) is 21.6 Å². The maximum atomic E-state index is 13.8. The molecule has 5 aromatic rings. The highest BCUT2D eigenvalue weighted by Gasteiger charge is 2.34. The van der Waals surface area contributed by atoms with Crippen LogP contribution in [0.15, 0.2) is 64.9 Å². The highest BCUT2D eigenvalue weighted by Crippen LogP contribution is 2.44. The Morgan fingerprint density at radius 2 is 1.67 bits per heavy atom. The molecule has 0 aliphatic rings. The number of aromatic nitrogens is 3. The number of imidazole rings is 1. The zero-order valence-electron chi connectivity index (χ0n) is 23.9. The lowest BCUT2D eigenvalue weighted by atomic mass is 10.0. The predicted octanol–water partition coefficient (Wildman–Crippen LogP) is 7.76. The zero-order valence-corrected chi connectivity index (χ0v) is 25.5. The van der Waals surface area contributed by atoms with Crippen molar-refractivity contribution in [1.29, 1.82) is 0 Å². The maximum Gasteiger partial charge on any atom is 0.417 e. The van der Waals surface area contributed by atoms with Crippen LogP contribution in [0, 0.1) is 13.8 Å². The SMILES string of the molecule is CCc1nc2c(C)cc(C)nc2n1Cc1ccc(-c2cc(-c3ccccc3C(F)(F)F)sc2S(=O)(=O)NC(C)C)cc1. The molecule has 42 heavy (non-hydrogen) atoms. The number of pyridine rings is 1. The largest absolute Gasteiger partial charge is 0.417 e. The molecule has 0 atom stereocenters.